The number of aliphatic hydroxyl groups is 1. The monoisotopic (exact) mass is 215 g/mol. The lowest BCUT2D eigenvalue weighted by Crippen LogP contribution is -2.38. The molecule has 88 valence electrons. The summed E-state index contributed by atoms with van der Waals surface area (Å²) in [5.41, 5.74) is 0. The molecule has 0 aromatic heterocycles. The van der Waals surface area contributed by atoms with Gasteiger partial charge in [0.1, 0.15) is 0 Å². The number of carbonyl (C=O) groups is 1. The van der Waals surface area contributed by atoms with E-state index >= 15 is 0 Å². The molecular formula is C10H21N3O2. The molecule has 0 aromatic carbocycles. The van der Waals surface area contributed by atoms with Gasteiger partial charge < -0.3 is 20.6 Å². The number of rotatable bonds is 7. The van der Waals surface area contributed by atoms with Crippen molar-refractivity contribution in [2.75, 3.05) is 32.8 Å². The Morgan fingerprint density at radius 1 is 1.67 bits per heavy atom. The molecule has 1 heterocycles. The number of hydrogen-bond donors (Lipinski definition) is 3. The molecule has 0 spiro atoms. The highest BCUT2D eigenvalue weighted by molar-refractivity contribution is 5.76. The summed E-state index contributed by atoms with van der Waals surface area (Å²) in [5, 5.41) is 14.9. The van der Waals surface area contributed by atoms with Crippen LogP contribution in [0.15, 0.2) is 0 Å². The van der Waals surface area contributed by atoms with Gasteiger partial charge in [-0.25, -0.2) is 4.79 Å². The minimum absolute atomic E-state index is 0.0343. The van der Waals surface area contributed by atoms with Crippen LogP contribution in [0.3, 0.4) is 0 Å². The van der Waals surface area contributed by atoms with Crippen LogP contribution in [-0.4, -0.2) is 54.9 Å². The fraction of sp³-hybridized carbons (Fsp3) is 0.900. The SMILES string of the molecule is CCC(CCO)NCCN1CCNC1=O. The Morgan fingerprint density at radius 3 is 3.00 bits per heavy atom. The van der Waals surface area contributed by atoms with Gasteiger partial charge in [-0.05, 0) is 12.8 Å². The molecule has 1 saturated heterocycles. The highest BCUT2D eigenvalue weighted by atomic mass is 16.3. The molecule has 0 saturated carbocycles. The van der Waals surface area contributed by atoms with Crippen LogP contribution >= 0.6 is 0 Å². The first-order valence-electron chi connectivity index (χ1n) is 5.65. The van der Waals surface area contributed by atoms with Crippen molar-refractivity contribution in [2.24, 2.45) is 0 Å². The topological polar surface area (TPSA) is 64.6 Å². The van der Waals surface area contributed by atoms with Gasteiger partial charge in [-0.2, -0.15) is 0 Å². The van der Waals surface area contributed by atoms with Crippen LogP contribution in [0.4, 0.5) is 4.79 Å². The van der Waals surface area contributed by atoms with Crippen molar-refractivity contribution in [3.8, 4) is 0 Å². The van der Waals surface area contributed by atoms with Crippen LogP contribution in [0.5, 0.6) is 0 Å². The minimum Gasteiger partial charge on any atom is -0.396 e. The van der Waals surface area contributed by atoms with E-state index in [1.54, 1.807) is 4.90 Å². The first-order valence-corrected chi connectivity index (χ1v) is 5.65. The summed E-state index contributed by atoms with van der Waals surface area (Å²) in [4.78, 5) is 13.0. The van der Waals surface area contributed by atoms with Crippen LogP contribution in [-0.2, 0) is 0 Å². The number of nitrogens with one attached hydrogen (secondary N) is 2. The standard InChI is InChI=1S/C10H21N3O2/c1-2-9(3-8-14)11-4-6-13-7-5-12-10(13)15/h9,11,14H,2-8H2,1H3,(H,12,15). The van der Waals surface area contributed by atoms with E-state index in [-0.39, 0.29) is 12.6 Å². The Morgan fingerprint density at radius 2 is 2.47 bits per heavy atom. The number of urea groups is 1. The molecule has 1 aliphatic rings. The Balaban J connectivity index is 2.11. The molecular weight excluding hydrogens is 194 g/mol. The minimum atomic E-state index is 0.0343. The third-order valence-corrected chi connectivity index (χ3v) is 2.73. The van der Waals surface area contributed by atoms with E-state index in [0.717, 1.165) is 39.0 Å². The molecule has 1 atom stereocenters. The van der Waals surface area contributed by atoms with Gasteiger partial charge in [0, 0.05) is 38.8 Å². The van der Waals surface area contributed by atoms with E-state index in [4.69, 9.17) is 5.11 Å². The summed E-state index contributed by atoms with van der Waals surface area (Å²) >= 11 is 0. The largest absolute Gasteiger partial charge is 0.396 e. The van der Waals surface area contributed by atoms with Crippen molar-refractivity contribution < 1.29 is 9.90 Å². The second-order valence-electron chi connectivity index (χ2n) is 3.79. The maximum Gasteiger partial charge on any atom is 0.317 e. The van der Waals surface area contributed by atoms with Crippen molar-refractivity contribution in [3.63, 3.8) is 0 Å². The molecule has 0 aromatic rings. The van der Waals surface area contributed by atoms with Crippen molar-refractivity contribution in [3.05, 3.63) is 0 Å². The summed E-state index contributed by atoms with van der Waals surface area (Å²) < 4.78 is 0. The first kappa shape index (κ1) is 12.3. The average Bonchev–Trinajstić information content (AvgIpc) is 2.63. The van der Waals surface area contributed by atoms with Crippen LogP contribution in [0.2, 0.25) is 0 Å². The Labute approximate surface area is 90.8 Å². The van der Waals surface area contributed by atoms with Crippen LogP contribution in [0, 0.1) is 0 Å². The Hall–Kier alpha value is -0.810. The van der Waals surface area contributed by atoms with Crippen molar-refractivity contribution >= 4 is 6.03 Å². The number of nitrogens with zero attached hydrogens (tertiary/aromatic N) is 1. The zero-order valence-electron chi connectivity index (χ0n) is 9.33. The molecule has 3 N–H and O–H groups in total. The molecule has 5 heteroatoms. The second-order valence-corrected chi connectivity index (χ2v) is 3.79. The highest BCUT2D eigenvalue weighted by Gasteiger charge is 2.18. The van der Waals surface area contributed by atoms with Gasteiger partial charge >= 0.3 is 6.03 Å². The molecule has 2 amide bonds. The van der Waals surface area contributed by atoms with E-state index in [9.17, 15) is 4.79 Å². The lowest BCUT2D eigenvalue weighted by Gasteiger charge is -2.19. The Bertz CT molecular complexity index is 199. The normalized spacial score (nSPS) is 18.0. The molecule has 15 heavy (non-hydrogen) atoms. The van der Waals surface area contributed by atoms with E-state index < -0.39 is 0 Å². The van der Waals surface area contributed by atoms with Crippen molar-refractivity contribution in [2.45, 2.75) is 25.8 Å². The second kappa shape index (κ2) is 6.63. The first-order chi connectivity index (χ1) is 7.27. The summed E-state index contributed by atoms with van der Waals surface area (Å²) in [7, 11) is 0. The Kier molecular flexibility index (Phi) is 5.42. The predicted molar refractivity (Wildman–Crippen MR) is 58.8 cm³/mol. The summed E-state index contributed by atoms with van der Waals surface area (Å²) in [6.07, 6.45) is 1.79. The molecule has 0 bridgehead atoms. The number of carbonyl (C=O) groups excluding carboxylic acids is 1. The molecule has 5 nitrogen and oxygen atoms in total. The van der Waals surface area contributed by atoms with Gasteiger partial charge in [0.25, 0.3) is 0 Å². The lowest BCUT2D eigenvalue weighted by molar-refractivity contribution is 0.215. The molecule has 0 radical (unpaired) electrons. The number of amides is 2. The van der Waals surface area contributed by atoms with Gasteiger partial charge in [-0.3, -0.25) is 0 Å². The molecule has 1 unspecified atom stereocenters. The summed E-state index contributed by atoms with van der Waals surface area (Å²) in [6, 6.07) is 0.396. The predicted octanol–water partition coefficient (Wildman–Crippen LogP) is -0.238. The van der Waals surface area contributed by atoms with Gasteiger partial charge in [0.05, 0.1) is 0 Å². The van der Waals surface area contributed by atoms with E-state index in [1.165, 1.54) is 0 Å². The quantitative estimate of drug-likeness (QED) is 0.549. The fourth-order valence-electron chi connectivity index (χ4n) is 1.73. The van der Waals surface area contributed by atoms with Crippen LogP contribution in [0.25, 0.3) is 0 Å². The molecule has 1 fully saturated rings. The lowest BCUT2D eigenvalue weighted by atomic mass is 10.1. The smallest absolute Gasteiger partial charge is 0.317 e. The summed E-state index contributed by atoms with van der Waals surface area (Å²) in [6.45, 7) is 5.41. The van der Waals surface area contributed by atoms with E-state index in [0.29, 0.717) is 6.04 Å². The van der Waals surface area contributed by atoms with Gasteiger partial charge in [0.2, 0.25) is 0 Å². The number of hydrogen-bond acceptors (Lipinski definition) is 3. The van der Waals surface area contributed by atoms with Crippen molar-refractivity contribution in [1.29, 1.82) is 0 Å². The maximum atomic E-state index is 11.2. The van der Waals surface area contributed by atoms with Gasteiger partial charge in [0.15, 0.2) is 0 Å². The molecule has 1 rings (SSSR count). The van der Waals surface area contributed by atoms with Gasteiger partial charge in [-0.1, -0.05) is 6.92 Å². The average molecular weight is 215 g/mol. The summed E-state index contributed by atoms with van der Waals surface area (Å²) in [5.74, 6) is 0. The zero-order chi connectivity index (χ0) is 11.1. The number of aliphatic hydroxyl groups excluding tert-OH is 1. The van der Waals surface area contributed by atoms with Gasteiger partial charge in [-0.15, -0.1) is 0 Å². The van der Waals surface area contributed by atoms with E-state index in [2.05, 4.69) is 17.6 Å². The third kappa shape index (κ3) is 4.05. The third-order valence-electron chi connectivity index (χ3n) is 2.73. The van der Waals surface area contributed by atoms with E-state index in [1.807, 2.05) is 0 Å². The molecule has 0 aliphatic carbocycles. The fourth-order valence-corrected chi connectivity index (χ4v) is 1.73. The highest BCUT2D eigenvalue weighted by Crippen LogP contribution is 1.98. The molecule has 1 aliphatic heterocycles. The van der Waals surface area contributed by atoms with Crippen LogP contribution in [0.1, 0.15) is 19.8 Å². The van der Waals surface area contributed by atoms with Crippen molar-refractivity contribution in [1.82, 2.24) is 15.5 Å². The van der Waals surface area contributed by atoms with Crippen LogP contribution < -0.4 is 10.6 Å². The zero-order valence-corrected chi connectivity index (χ0v) is 9.33. The maximum absolute atomic E-state index is 11.2.